The van der Waals surface area contributed by atoms with Gasteiger partial charge in [-0.3, -0.25) is 0 Å². The van der Waals surface area contributed by atoms with Crippen LogP contribution in [0.3, 0.4) is 0 Å². The van der Waals surface area contributed by atoms with Gasteiger partial charge in [0.05, 0.1) is 6.10 Å². The minimum absolute atomic E-state index is 0.0932. The summed E-state index contributed by atoms with van der Waals surface area (Å²) < 4.78 is 5.51. The highest BCUT2D eigenvalue weighted by Gasteiger charge is 2.02. The summed E-state index contributed by atoms with van der Waals surface area (Å²) >= 11 is 5.94. The molecular formula is C14H16ClN3O. The molecular weight excluding hydrogens is 262 g/mol. The molecule has 2 aromatic rings. The van der Waals surface area contributed by atoms with Gasteiger partial charge in [-0.2, -0.15) is 0 Å². The topological polar surface area (TPSA) is 47.0 Å². The van der Waals surface area contributed by atoms with E-state index in [0.717, 1.165) is 16.4 Å². The highest BCUT2D eigenvalue weighted by molar-refractivity contribution is 6.30. The van der Waals surface area contributed by atoms with Gasteiger partial charge in [-0.05, 0) is 31.5 Å². The number of hydrogen-bond donors (Lipinski definition) is 1. The maximum absolute atomic E-state index is 5.94. The third kappa shape index (κ3) is 4.41. The molecule has 0 atom stereocenters. The van der Waals surface area contributed by atoms with E-state index in [9.17, 15) is 0 Å². The van der Waals surface area contributed by atoms with E-state index < -0.39 is 0 Å². The largest absolute Gasteiger partial charge is 0.475 e. The highest BCUT2D eigenvalue weighted by Crippen LogP contribution is 2.15. The summed E-state index contributed by atoms with van der Waals surface area (Å²) in [4.78, 5) is 8.20. The monoisotopic (exact) mass is 277 g/mol. The van der Waals surface area contributed by atoms with Crippen molar-refractivity contribution in [2.75, 3.05) is 5.32 Å². The first-order valence-corrected chi connectivity index (χ1v) is 6.48. The third-order valence-electron chi connectivity index (χ3n) is 2.36. The Morgan fingerprint density at radius 3 is 2.84 bits per heavy atom. The molecule has 0 aliphatic heterocycles. The van der Waals surface area contributed by atoms with Crippen molar-refractivity contribution in [3.8, 4) is 5.88 Å². The van der Waals surface area contributed by atoms with E-state index in [4.69, 9.17) is 16.3 Å². The van der Waals surface area contributed by atoms with E-state index in [-0.39, 0.29) is 6.10 Å². The van der Waals surface area contributed by atoms with Gasteiger partial charge in [0, 0.05) is 17.6 Å². The zero-order chi connectivity index (χ0) is 13.7. The highest BCUT2D eigenvalue weighted by atomic mass is 35.5. The van der Waals surface area contributed by atoms with Gasteiger partial charge in [-0.15, -0.1) is 0 Å². The molecule has 0 bridgehead atoms. The summed E-state index contributed by atoms with van der Waals surface area (Å²) in [5.74, 6) is 1.30. The van der Waals surface area contributed by atoms with Crippen LogP contribution in [-0.4, -0.2) is 16.1 Å². The second kappa shape index (κ2) is 6.38. The molecule has 0 saturated heterocycles. The molecule has 1 aromatic carbocycles. The van der Waals surface area contributed by atoms with Crippen LogP contribution in [0.5, 0.6) is 5.88 Å². The SMILES string of the molecule is CC(C)Oc1cc(NCc2cccc(Cl)c2)ncn1. The molecule has 4 nitrogen and oxygen atoms in total. The lowest BCUT2D eigenvalue weighted by molar-refractivity contribution is 0.232. The fraction of sp³-hybridized carbons (Fsp3) is 0.286. The van der Waals surface area contributed by atoms with Crippen LogP contribution in [0.15, 0.2) is 36.7 Å². The number of ether oxygens (including phenoxy) is 1. The van der Waals surface area contributed by atoms with Crippen molar-refractivity contribution in [2.24, 2.45) is 0 Å². The smallest absolute Gasteiger partial charge is 0.218 e. The van der Waals surface area contributed by atoms with Crippen molar-refractivity contribution in [1.29, 1.82) is 0 Å². The van der Waals surface area contributed by atoms with Crippen LogP contribution in [0.2, 0.25) is 5.02 Å². The molecule has 1 N–H and O–H groups in total. The second-order valence-corrected chi connectivity index (χ2v) is 4.83. The normalized spacial score (nSPS) is 10.5. The molecule has 0 unspecified atom stereocenters. The van der Waals surface area contributed by atoms with Crippen molar-refractivity contribution in [2.45, 2.75) is 26.5 Å². The van der Waals surface area contributed by atoms with Crippen LogP contribution in [0.4, 0.5) is 5.82 Å². The summed E-state index contributed by atoms with van der Waals surface area (Å²) in [7, 11) is 0. The number of nitrogens with one attached hydrogen (secondary N) is 1. The van der Waals surface area contributed by atoms with Crippen LogP contribution in [0.1, 0.15) is 19.4 Å². The number of anilines is 1. The van der Waals surface area contributed by atoms with Gasteiger partial charge in [0.2, 0.25) is 5.88 Å². The lowest BCUT2D eigenvalue weighted by Gasteiger charge is -2.10. The average molecular weight is 278 g/mol. The lowest BCUT2D eigenvalue weighted by Crippen LogP contribution is -2.08. The third-order valence-corrected chi connectivity index (χ3v) is 2.60. The number of hydrogen-bond acceptors (Lipinski definition) is 4. The quantitative estimate of drug-likeness (QED) is 0.908. The van der Waals surface area contributed by atoms with Gasteiger partial charge in [-0.1, -0.05) is 23.7 Å². The van der Waals surface area contributed by atoms with E-state index in [1.54, 1.807) is 6.07 Å². The fourth-order valence-corrected chi connectivity index (χ4v) is 1.79. The minimum Gasteiger partial charge on any atom is -0.475 e. The Morgan fingerprint density at radius 2 is 2.11 bits per heavy atom. The van der Waals surface area contributed by atoms with Gasteiger partial charge in [-0.25, -0.2) is 9.97 Å². The van der Waals surface area contributed by atoms with Crippen molar-refractivity contribution in [3.63, 3.8) is 0 Å². The number of halogens is 1. The van der Waals surface area contributed by atoms with E-state index >= 15 is 0 Å². The first-order valence-electron chi connectivity index (χ1n) is 6.10. The van der Waals surface area contributed by atoms with Crippen molar-refractivity contribution >= 4 is 17.4 Å². The van der Waals surface area contributed by atoms with Crippen molar-refractivity contribution < 1.29 is 4.74 Å². The summed E-state index contributed by atoms with van der Waals surface area (Å²) in [5, 5.41) is 3.94. The zero-order valence-electron chi connectivity index (χ0n) is 10.9. The molecule has 100 valence electrons. The molecule has 0 saturated carbocycles. The number of nitrogens with zero attached hydrogens (tertiary/aromatic N) is 2. The van der Waals surface area contributed by atoms with E-state index in [1.807, 2.05) is 38.1 Å². The molecule has 19 heavy (non-hydrogen) atoms. The average Bonchev–Trinajstić information content (AvgIpc) is 2.36. The molecule has 0 fully saturated rings. The van der Waals surface area contributed by atoms with Gasteiger partial charge < -0.3 is 10.1 Å². The Hall–Kier alpha value is -1.81. The first kappa shape index (κ1) is 13.6. The van der Waals surface area contributed by atoms with Crippen molar-refractivity contribution in [3.05, 3.63) is 47.2 Å². The Morgan fingerprint density at radius 1 is 1.26 bits per heavy atom. The van der Waals surface area contributed by atoms with Crippen molar-refractivity contribution in [1.82, 2.24) is 9.97 Å². The Kier molecular flexibility index (Phi) is 4.58. The summed E-state index contributed by atoms with van der Waals surface area (Å²) in [5.41, 5.74) is 1.09. The zero-order valence-corrected chi connectivity index (χ0v) is 11.7. The number of benzene rings is 1. The van der Waals surface area contributed by atoms with E-state index in [1.165, 1.54) is 6.33 Å². The Bertz CT molecular complexity index is 546. The summed E-state index contributed by atoms with van der Waals surface area (Å²) in [6, 6.07) is 9.48. The van der Waals surface area contributed by atoms with Gasteiger partial charge in [0.15, 0.2) is 0 Å². The first-order chi connectivity index (χ1) is 9.13. The maximum atomic E-state index is 5.94. The van der Waals surface area contributed by atoms with Gasteiger partial charge in [0.25, 0.3) is 0 Å². The van der Waals surface area contributed by atoms with Crippen LogP contribution in [0.25, 0.3) is 0 Å². The number of aromatic nitrogens is 2. The molecule has 1 heterocycles. The molecule has 0 radical (unpaired) electrons. The summed E-state index contributed by atoms with van der Waals surface area (Å²) in [6.45, 7) is 4.57. The van der Waals surface area contributed by atoms with E-state index in [0.29, 0.717) is 12.4 Å². The molecule has 0 spiro atoms. The predicted molar refractivity (Wildman–Crippen MR) is 76.6 cm³/mol. The van der Waals surface area contributed by atoms with Crippen LogP contribution < -0.4 is 10.1 Å². The fourth-order valence-electron chi connectivity index (χ4n) is 1.58. The molecule has 0 aliphatic carbocycles. The minimum atomic E-state index is 0.0932. The molecule has 0 amide bonds. The van der Waals surface area contributed by atoms with Gasteiger partial charge >= 0.3 is 0 Å². The van der Waals surface area contributed by atoms with Gasteiger partial charge in [0.1, 0.15) is 12.1 Å². The Balaban J connectivity index is 1.99. The molecule has 2 rings (SSSR count). The standard InChI is InChI=1S/C14H16ClN3O/c1-10(2)19-14-7-13(17-9-18-14)16-8-11-4-3-5-12(15)6-11/h3-7,9-10H,8H2,1-2H3,(H,16,17,18). The Labute approximate surface area is 117 Å². The van der Waals surface area contributed by atoms with Crippen LogP contribution in [0, 0.1) is 0 Å². The second-order valence-electron chi connectivity index (χ2n) is 4.39. The van der Waals surface area contributed by atoms with E-state index in [2.05, 4.69) is 15.3 Å². The number of rotatable bonds is 5. The van der Waals surface area contributed by atoms with Crippen LogP contribution in [-0.2, 0) is 6.54 Å². The molecule has 1 aromatic heterocycles. The molecule has 0 aliphatic rings. The van der Waals surface area contributed by atoms with Crippen LogP contribution >= 0.6 is 11.6 Å². The molecule has 5 heteroatoms. The maximum Gasteiger partial charge on any atom is 0.218 e. The predicted octanol–water partition coefficient (Wildman–Crippen LogP) is 3.53. The lowest BCUT2D eigenvalue weighted by atomic mass is 10.2. The summed E-state index contributed by atoms with van der Waals surface area (Å²) in [6.07, 6.45) is 1.58.